The topological polar surface area (TPSA) is 132 Å². The van der Waals surface area contributed by atoms with E-state index in [1.54, 1.807) is 6.07 Å². The number of methoxy groups -OCH3 is 1. The van der Waals surface area contributed by atoms with Crippen LogP contribution < -0.4 is 21.1 Å². The lowest BCUT2D eigenvalue weighted by Crippen LogP contribution is -2.33. The lowest BCUT2D eigenvalue weighted by atomic mass is 10.2. The molecule has 184 valence electrons. The number of nitrogens with one attached hydrogen (secondary N) is 2. The summed E-state index contributed by atoms with van der Waals surface area (Å²) in [4.78, 5) is 43.3. The highest BCUT2D eigenvalue weighted by molar-refractivity contribution is 6.34. The van der Waals surface area contributed by atoms with Crippen LogP contribution in [0.2, 0.25) is 5.02 Å². The van der Waals surface area contributed by atoms with Gasteiger partial charge < -0.3 is 26.0 Å². The Labute approximate surface area is 205 Å². The van der Waals surface area contributed by atoms with Crippen LogP contribution in [0, 0.1) is 5.82 Å². The Morgan fingerprint density at radius 2 is 1.91 bits per heavy atom. The fourth-order valence-electron chi connectivity index (χ4n) is 3.22. The number of halogens is 2. The summed E-state index contributed by atoms with van der Waals surface area (Å²) < 4.78 is 20.0. The van der Waals surface area contributed by atoms with E-state index in [0.29, 0.717) is 24.5 Å². The van der Waals surface area contributed by atoms with Gasteiger partial charge in [0, 0.05) is 19.2 Å². The highest BCUT2D eigenvalue weighted by Gasteiger charge is 2.23. The number of anilines is 1. The largest absolute Gasteiger partial charge is 0.494 e. The van der Waals surface area contributed by atoms with Crippen molar-refractivity contribution in [3.05, 3.63) is 70.5 Å². The third kappa shape index (κ3) is 5.94. The van der Waals surface area contributed by atoms with Crippen LogP contribution in [0.4, 0.5) is 10.1 Å². The molecule has 4 N–H and O–H groups in total. The number of carbonyl (C=O) groups excluding carboxylic acids is 3. The standard InChI is InChI=1S/C23H24ClFN6O4/c1-30(2)9-8-27-23(34)19-20(21(26)32)31(12-28-19)14-5-7-17(18(11-14)35-3)29-22(33)15-6-4-13(25)10-16(15)24/h4-7,10-12H,8-9H2,1-3H3,(H2,26,32)(H,27,34)(H,29,33). The molecule has 0 fully saturated rings. The summed E-state index contributed by atoms with van der Waals surface area (Å²) in [5, 5.41) is 5.31. The number of ether oxygens (including phenoxy) is 1. The van der Waals surface area contributed by atoms with Crippen LogP contribution in [0.1, 0.15) is 31.3 Å². The van der Waals surface area contributed by atoms with Gasteiger partial charge in [0.25, 0.3) is 17.7 Å². The lowest BCUT2D eigenvalue weighted by molar-refractivity contribution is 0.0928. The first kappa shape index (κ1) is 25.7. The second-order valence-corrected chi connectivity index (χ2v) is 8.11. The molecular weight excluding hydrogens is 479 g/mol. The molecule has 0 radical (unpaired) electrons. The molecule has 0 saturated heterocycles. The normalized spacial score (nSPS) is 10.8. The number of carbonyl (C=O) groups is 3. The van der Waals surface area contributed by atoms with Gasteiger partial charge >= 0.3 is 0 Å². The molecule has 0 bridgehead atoms. The number of imidazole rings is 1. The van der Waals surface area contributed by atoms with Gasteiger partial charge in [-0.05, 0) is 44.4 Å². The average molecular weight is 503 g/mol. The molecule has 1 aromatic heterocycles. The van der Waals surface area contributed by atoms with E-state index in [1.807, 2.05) is 19.0 Å². The van der Waals surface area contributed by atoms with Gasteiger partial charge in [0.05, 0.1) is 29.1 Å². The molecule has 0 unspecified atom stereocenters. The second-order valence-electron chi connectivity index (χ2n) is 7.70. The summed E-state index contributed by atoms with van der Waals surface area (Å²) >= 11 is 5.97. The Bertz CT molecular complexity index is 1280. The molecule has 0 atom stereocenters. The first-order chi connectivity index (χ1) is 16.6. The van der Waals surface area contributed by atoms with Gasteiger partial charge in [-0.2, -0.15) is 0 Å². The molecule has 0 saturated carbocycles. The van der Waals surface area contributed by atoms with E-state index in [0.717, 1.165) is 12.1 Å². The number of primary amides is 1. The van der Waals surface area contributed by atoms with E-state index in [4.69, 9.17) is 22.1 Å². The van der Waals surface area contributed by atoms with Crippen molar-refractivity contribution in [1.29, 1.82) is 0 Å². The molecule has 0 spiro atoms. The van der Waals surface area contributed by atoms with E-state index in [1.165, 1.54) is 36.2 Å². The minimum atomic E-state index is -0.845. The highest BCUT2D eigenvalue weighted by atomic mass is 35.5. The van der Waals surface area contributed by atoms with Crippen LogP contribution in [0.25, 0.3) is 5.69 Å². The molecule has 3 aromatic rings. The SMILES string of the molecule is COc1cc(-n2cnc(C(=O)NCCN(C)C)c2C(N)=O)ccc1NC(=O)c1ccc(F)cc1Cl. The first-order valence-corrected chi connectivity index (χ1v) is 10.7. The zero-order chi connectivity index (χ0) is 25.7. The maximum atomic E-state index is 13.3. The molecule has 10 nitrogen and oxygen atoms in total. The van der Waals surface area contributed by atoms with Crippen LogP contribution in [0.3, 0.4) is 0 Å². The van der Waals surface area contributed by atoms with Crippen LogP contribution in [0.5, 0.6) is 5.75 Å². The van der Waals surface area contributed by atoms with Crippen molar-refractivity contribution >= 4 is 35.0 Å². The maximum Gasteiger partial charge on any atom is 0.272 e. The number of hydrogen-bond acceptors (Lipinski definition) is 6. The van der Waals surface area contributed by atoms with E-state index in [9.17, 15) is 18.8 Å². The Morgan fingerprint density at radius 3 is 2.54 bits per heavy atom. The van der Waals surface area contributed by atoms with Crippen molar-refractivity contribution in [2.45, 2.75) is 0 Å². The van der Waals surface area contributed by atoms with Crippen LogP contribution in [-0.4, -0.2) is 66.5 Å². The van der Waals surface area contributed by atoms with Crippen molar-refractivity contribution < 1.29 is 23.5 Å². The molecule has 1 heterocycles. The van der Waals surface area contributed by atoms with Gasteiger partial charge in [-0.25, -0.2) is 9.37 Å². The Balaban J connectivity index is 1.89. The molecule has 3 rings (SSSR count). The van der Waals surface area contributed by atoms with Gasteiger partial charge in [-0.3, -0.25) is 19.0 Å². The number of aromatic nitrogens is 2. The molecule has 2 aromatic carbocycles. The van der Waals surface area contributed by atoms with E-state index >= 15 is 0 Å². The smallest absolute Gasteiger partial charge is 0.272 e. The molecule has 3 amide bonds. The molecule has 12 heteroatoms. The number of rotatable bonds is 9. The number of hydrogen-bond donors (Lipinski definition) is 3. The molecule has 0 aliphatic rings. The monoisotopic (exact) mass is 502 g/mol. The van der Waals surface area contributed by atoms with Crippen LogP contribution in [-0.2, 0) is 0 Å². The number of nitrogens with zero attached hydrogens (tertiary/aromatic N) is 3. The molecule has 35 heavy (non-hydrogen) atoms. The average Bonchev–Trinajstić information content (AvgIpc) is 3.24. The van der Waals surface area contributed by atoms with Crippen molar-refractivity contribution in [1.82, 2.24) is 19.8 Å². The number of amides is 3. The lowest BCUT2D eigenvalue weighted by Gasteiger charge is -2.14. The van der Waals surface area contributed by atoms with E-state index in [2.05, 4.69) is 15.6 Å². The van der Waals surface area contributed by atoms with Crippen molar-refractivity contribution in [2.24, 2.45) is 5.73 Å². The Kier molecular flexibility index (Phi) is 8.05. The Morgan fingerprint density at radius 1 is 1.17 bits per heavy atom. The predicted octanol–water partition coefficient (Wildman–Crippen LogP) is 2.32. The zero-order valence-electron chi connectivity index (χ0n) is 19.3. The Hall–Kier alpha value is -3.96. The van der Waals surface area contributed by atoms with Gasteiger partial charge in [-0.15, -0.1) is 0 Å². The first-order valence-electron chi connectivity index (χ1n) is 10.4. The van der Waals surface area contributed by atoms with Crippen LogP contribution >= 0.6 is 11.6 Å². The molecule has 0 aliphatic heterocycles. The minimum absolute atomic E-state index is 0.0426. The third-order valence-corrected chi connectivity index (χ3v) is 5.26. The summed E-state index contributed by atoms with van der Waals surface area (Å²) in [5.74, 6) is -2.27. The summed E-state index contributed by atoms with van der Waals surface area (Å²) in [7, 11) is 5.12. The second kappa shape index (κ2) is 11.0. The summed E-state index contributed by atoms with van der Waals surface area (Å²) in [6, 6.07) is 8.07. The fraction of sp³-hybridized carbons (Fsp3) is 0.217. The highest BCUT2D eigenvalue weighted by Crippen LogP contribution is 2.29. The molecule has 0 aliphatic carbocycles. The van der Waals surface area contributed by atoms with E-state index in [-0.39, 0.29) is 27.7 Å². The number of likely N-dealkylation sites (N-methyl/N-ethyl adjacent to an activating group) is 1. The van der Waals surface area contributed by atoms with Gasteiger partial charge in [-0.1, -0.05) is 11.6 Å². The fourth-order valence-corrected chi connectivity index (χ4v) is 3.47. The van der Waals surface area contributed by atoms with Gasteiger partial charge in [0.2, 0.25) is 0 Å². The van der Waals surface area contributed by atoms with Crippen molar-refractivity contribution in [3.8, 4) is 11.4 Å². The summed E-state index contributed by atoms with van der Waals surface area (Å²) in [6.45, 7) is 0.961. The minimum Gasteiger partial charge on any atom is -0.494 e. The van der Waals surface area contributed by atoms with Crippen LogP contribution in [0.15, 0.2) is 42.7 Å². The quantitative estimate of drug-likeness (QED) is 0.411. The summed E-state index contributed by atoms with van der Waals surface area (Å²) in [6.07, 6.45) is 1.30. The van der Waals surface area contributed by atoms with Gasteiger partial charge in [0.15, 0.2) is 5.69 Å². The van der Waals surface area contributed by atoms with Crippen molar-refractivity contribution in [2.75, 3.05) is 39.6 Å². The third-order valence-electron chi connectivity index (χ3n) is 4.95. The van der Waals surface area contributed by atoms with E-state index < -0.39 is 23.5 Å². The maximum absolute atomic E-state index is 13.3. The number of benzene rings is 2. The van der Waals surface area contributed by atoms with Gasteiger partial charge in [0.1, 0.15) is 23.6 Å². The predicted molar refractivity (Wildman–Crippen MR) is 129 cm³/mol. The molecular formula is C23H24ClFN6O4. The number of nitrogens with two attached hydrogens (primary N) is 1. The zero-order valence-corrected chi connectivity index (χ0v) is 20.0. The summed E-state index contributed by atoms with van der Waals surface area (Å²) in [5.41, 5.74) is 6.12. The van der Waals surface area contributed by atoms with Crippen molar-refractivity contribution in [3.63, 3.8) is 0 Å².